The van der Waals surface area contributed by atoms with Gasteiger partial charge in [0.05, 0.1) is 0 Å². The summed E-state index contributed by atoms with van der Waals surface area (Å²) in [4.78, 5) is 10.9. The number of carbonyl (C=O) groups is 1. The number of carbonyl (C=O) groups excluding carboxylic acids is 1. The Balaban J connectivity index is 0.00000172. The molecule has 1 rings (SSSR count). The predicted octanol–water partition coefficient (Wildman–Crippen LogP) is 5.57. The van der Waals surface area contributed by atoms with Crippen molar-refractivity contribution in [1.29, 1.82) is 0 Å². The van der Waals surface area contributed by atoms with E-state index in [9.17, 15) is 4.79 Å². The Labute approximate surface area is 124 Å². The van der Waals surface area contributed by atoms with E-state index in [1.807, 2.05) is 26.0 Å². The number of esters is 1. The van der Waals surface area contributed by atoms with Gasteiger partial charge in [0.1, 0.15) is 5.75 Å². The van der Waals surface area contributed by atoms with E-state index < -0.39 is 0 Å². The maximum Gasteiger partial charge on any atom is 0.308 e. The van der Waals surface area contributed by atoms with Crippen LogP contribution in [-0.4, -0.2) is 5.97 Å². The first-order valence-corrected chi connectivity index (χ1v) is 7.60. The van der Waals surface area contributed by atoms with Gasteiger partial charge in [-0.2, -0.15) is 0 Å². The van der Waals surface area contributed by atoms with Crippen LogP contribution in [-0.2, 0) is 4.79 Å². The summed E-state index contributed by atoms with van der Waals surface area (Å²) < 4.78 is 5.04. The van der Waals surface area contributed by atoms with E-state index >= 15 is 0 Å². The van der Waals surface area contributed by atoms with Gasteiger partial charge in [-0.25, -0.2) is 0 Å². The maximum absolute atomic E-state index is 10.9. The Hall–Kier alpha value is -1.31. The van der Waals surface area contributed by atoms with Crippen molar-refractivity contribution >= 4 is 5.97 Å². The van der Waals surface area contributed by atoms with Crippen LogP contribution < -0.4 is 4.74 Å². The fourth-order valence-electron chi connectivity index (χ4n) is 2.21. The van der Waals surface area contributed by atoms with Crippen LogP contribution in [0.4, 0.5) is 0 Å². The lowest BCUT2D eigenvalue weighted by molar-refractivity contribution is -0.131. The smallest absolute Gasteiger partial charge is 0.308 e. The molecule has 1 atom stereocenters. The van der Waals surface area contributed by atoms with Gasteiger partial charge >= 0.3 is 5.97 Å². The van der Waals surface area contributed by atoms with Gasteiger partial charge in [-0.3, -0.25) is 4.79 Å². The third-order valence-corrected chi connectivity index (χ3v) is 2.96. The van der Waals surface area contributed by atoms with E-state index in [1.165, 1.54) is 12.5 Å². The van der Waals surface area contributed by atoms with Crippen molar-refractivity contribution in [3.05, 3.63) is 29.8 Å². The Morgan fingerprint density at radius 1 is 1.15 bits per heavy atom. The van der Waals surface area contributed by atoms with Crippen LogP contribution in [0.1, 0.15) is 72.8 Å². The molecule has 0 saturated heterocycles. The molecule has 1 unspecified atom stereocenters. The maximum atomic E-state index is 10.9. The Kier molecular flexibility index (Phi) is 8.21. The zero-order valence-corrected chi connectivity index (χ0v) is 14.1. The minimum absolute atomic E-state index is 0.274. The molecule has 0 aliphatic rings. The van der Waals surface area contributed by atoms with E-state index in [4.69, 9.17) is 4.74 Å². The number of benzene rings is 1. The SMILES string of the molecule is CC.CCC(CC(C)(C)C)c1ccc(OC(C)=O)cc1. The Morgan fingerprint density at radius 3 is 2.00 bits per heavy atom. The minimum Gasteiger partial charge on any atom is -0.427 e. The molecule has 0 fully saturated rings. The van der Waals surface area contributed by atoms with Crippen LogP contribution in [0.15, 0.2) is 24.3 Å². The van der Waals surface area contributed by atoms with Crippen LogP contribution in [0.25, 0.3) is 0 Å². The normalized spacial score (nSPS) is 12.2. The molecule has 0 aromatic heterocycles. The first-order valence-electron chi connectivity index (χ1n) is 7.60. The van der Waals surface area contributed by atoms with Crippen molar-refractivity contribution in [1.82, 2.24) is 0 Å². The fraction of sp³-hybridized carbons (Fsp3) is 0.611. The van der Waals surface area contributed by atoms with Gasteiger partial charge < -0.3 is 4.74 Å². The van der Waals surface area contributed by atoms with Crippen LogP contribution in [0, 0.1) is 5.41 Å². The van der Waals surface area contributed by atoms with Crippen molar-refractivity contribution in [3.8, 4) is 5.75 Å². The zero-order chi connectivity index (χ0) is 15.8. The molecule has 2 nitrogen and oxygen atoms in total. The second-order valence-electron chi connectivity index (χ2n) is 6.03. The van der Waals surface area contributed by atoms with Crippen LogP contribution >= 0.6 is 0 Å². The molecule has 1 aromatic carbocycles. The zero-order valence-electron chi connectivity index (χ0n) is 14.1. The van der Waals surface area contributed by atoms with Gasteiger partial charge in [0.25, 0.3) is 0 Å². The molecule has 20 heavy (non-hydrogen) atoms. The predicted molar refractivity (Wildman–Crippen MR) is 86.2 cm³/mol. The van der Waals surface area contributed by atoms with Crippen molar-refractivity contribution in [2.45, 2.75) is 67.2 Å². The molecule has 0 aliphatic heterocycles. The quantitative estimate of drug-likeness (QED) is 0.532. The second-order valence-corrected chi connectivity index (χ2v) is 6.03. The van der Waals surface area contributed by atoms with Gasteiger partial charge in [0.15, 0.2) is 0 Å². The lowest BCUT2D eigenvalue weighted by Crippen LogP contribution is -2.11. The molecule has 0 amide bonds. The van der Waals surface area contributed by atoms with E-state index in [-0.39, 0.29) is 5.97 Å². The summed E-state index contributed by atoms with van der Waals surface area (Å²) in [6.45, 7) is 14.4. The van der Waals surface area contributed by atoms with Crippen molar-refractivity contribution in [2.75, 3.05) is 0 Å². The van der Waals surface area contributed by atoms with E-state index in [1.54, 1.807) is 0 Å². The highest BCUT2D eigenvalue weighted by atomic mass is 16.5. The molecule has 0 bridgehead atoms. The summed E-state index contributed by atoms with van der Waals surface area (Å²) in [5, 5.41) is 0. The van der Waals surface area contributed by atoms with E-state index in [2.05, 4.69) is 39.8 Å². The van der Waals surface area contributed by atoms with E-state index in [0.717, 1.165) is 12.8 Å². The van der Waals surface area contributed by atoms with Crippen LogP contribution in [0.5, 0.6) is 5.75 Å². The first-order chi connectivity index (χ1) is 9.31. The average molecular weight is 278 g/mol. The van der Waals surface area contributed by atoms with Crippen LogP contribution in [0.3, 0.4) is 0 Å². The van der Waals surface area contributed by atoms with Crippen molar-refractivity contribution in [2.24, 2.45) is 5.41 Å². The largest absolute Gasteiger partial charge is 0.427 e. The highest BCUT2D eigenvalue weighted by Gasteiger charge is 2.18. The number of hydrogen-bond acceptors (Lipinski definition) is 2. The third kappa shape index (κ3) is 7.32. The average Bonchev–Trinajstić information content (AvgIpc) is 2.38. The monoisotopic (exact) mass is 278 g/mol. The van der Waals surface area contributed by atoms with Crippen LogP contribution in [0.2, 0.25) is 0 Å². The lowest BCUT2D eigenvalue weighted by Gasteiger charge is -2.25. The van der Waals surface area contributed by atoms with E-state index in [0.29, 0.717) is 17.1 Å². The highest BCUT2D eigenvalue weighted by Crippen LogP contribution is 2.33. The summed E-state index contributed by atoms with van der Waals surface area (Å²) in [7, 11) is 0. The molecule has 0 radical (unpaired) electrons. The topological polar surface area (TPSA) is 26.3 Å². The van der Waals surface area contributed by atoms with Crippen molar-refractivity contribution < 1.29 is 9.53 Å². The second kappa shape index (κ2) is 8.78. The standard InChI is InChI=1S/C16H24O2.C2H6/c1-6-13(11-16(3,4)5)14-7-9-15(10-8-14)18-12(2)17;1-2/h7-10,13H,6,11H2,1-5H3;1-2H3. The van der Waals surface area contributed by atoms with Crippen molar-refractivity contribution in [3.63, 3.8) is 0 Å². The fourth-order valence-corrected chi connectivity index (χ4v) is 2.21. The van der Waals surface area contributed by atoms with Gasteiger partial charge in [0.2, 0.25) is 0 Å². The van der Waals surface area contributed by atoms with Gasteiger partial charge in [0, 0.05) is 6.92 Å². The molecular weight excluding hydrogens is 248 g/mol. The highest BCUT2D eigenvalue weighted by molar-refractivity contribution is 5.69. The summed E-state index contributed by atoms with van der Waals surface area (Å²) in [6.07, 6.45) is 2.29. The summed E-state index contributed by atoms with van der Waals surface area (Å²) in [5.41, 5.74) is 1.65. The molecule has 0 aliphatic carbocycles. The third-order valence-electron chi connectivity index (χ3n) is 2.96. The first kappa shape index (κ1) is 18.7. The molecule has 0 N–H and O–H groups in total. The molecule has 2 heteroatoms. The molecule has 0 spiro atoms. The Morgan fingerprint density at radius 2 is 1.65 bits per heavy atom. The Bertz CT molecular complexity index is 385. The summed E-state index contributed by atoms with van der Waals surface area (Å²) in [5.74, 6) is 0.915. The molecule has 0 saturated carbocycles. The number of hydrogen-bond donors (Lipinski definition) is 0. The summed E-state index contributed by atoms with van der Waals surface area (Å²) in [6, 6.07) is 7.89. The summed E-state index contributed by atoms with van der Waals surface area (Å²) >= 11 is 0. The number of ether oxygens (including phenoxy) is 1. The molecular formula is C18H30O2. The number of rotatable bonds is 4. The molecule has 0 heterocycles. The lowest BCUT2D eigenvalue weighted by atomic mass is 9.80. The van der Waals surface area contributed by atoms with Gasteiger partial charge in [-0.15, -0.1) is 0 Å². The molecule has 1 aromatic rings. The van der Waals surface area contributed by atoms with Gasteiger partial charge in [-0.05, 0) is 41.9 Å². The molecule has 114 valence electrons. The van der Waals surface area contributed by atoms with Gasteiger partial charge in [-0.1, -0.05) is 53.7 Å². The minimum atomic E-state index is -0.274.